The van der Waals surface area contributed by atoms with Crippen molar-refractivity contribution in [2.45, 2.75) is 70.2 Å². The van der Waals surface area contributed by atoms with Gasteiger partial charge < -0.3 is 14.6 Å². The van der Waals surface area contributed by atoms with Crippen molar-refractivity contribution in [3.63, 3.8) is 0 Å². The molecule has 2 aromatic heterocycles. The van der Waals surface area contributed by atoms with Crippen molar-refractivity contribution in [1.29, 1.82) is 0 Å². The van der Waals surface area contributed by atoms with E-state index in [0.29, 0.717) is 23.5 Å². The summed E-state index contributed by atoms with van der Waals surface area (Å²) < 4.78 is 35.4. The van der Waals surface area contributed by atoms with Gasteiger partial charge in [-0.25, -0.2) is 4.98 Å². The average Bonchev–Trinajstić information content (AvgIpc) is 3.45. The molecule has 35 heavy (non-hydrogen) atoms. The van der Waals surface area contributed by atoms with Crippen LogP contribution in [0.1, 0.15) is 58.3 Å². The van der Waals surface area contributed by atoms with Gasteiger partial charge in [0.05, 0.1) is 28.5 Å². The number of aromatic nitrogens is 4. The van der Waals surface area contributed by atoms with Gasteiger partial charge in [-0.2, -0.15) is 17.6 Å². The second-order valence-electron chi connectivity index (χ2n) is 9.85. The van der Waals surface area contributed by atoms with Crippen molar-refractivity contribution in [2.75, 3.05) is 19.8 Å². The van der Waals surface area contributed by atoms with Crippen LogP contribution in [-0.4, -0.2) is 52.8 Å². The molecular weight excluding hydrogens is 466 g/mol. The van der Waals surface area contributed by atoms with Crippen LogP contribution in [0.5, 0.6) is 0 Å². The molecule has 0 unspecified atom stereocenters. The fraction of sp³-hybridized carbons (Fsp3) is 0.560. The standard InChI is InChI=1S/C25H35N5O4S/c1-5-25(3,4)24-28-21-14-20(7-8-22(21)29(24)16-18-9-11-34-12-10-18)35(32,33)30-17-19(15-27-30)13-23(31)26-6-2/h7-8,14-15,17-18H,5-6,9-13,16H2,1-4H3,(H,26,31). The molecule has 0 radical (unpaired) electrons. The summed E-state index contributed by atoms with van der Waals surface area (Å²) in [5, 5.41) is 6.73. The van der Waals surface area contributed by atoms with E-state index in [9.17, 15) is 13.2 Å². The highest BCUT2D eigenvalue weighted by molar-refractivity contribution is 7.89. The largest absolute Gasteiger partial charge is 0.381 e. The summed E-state index contributed by atoms with van der Waals surface area (Å²) in [6.07, 6.45) is 5.82. The van der Waals surface area contributed by atoms with E-state index in [1.807, 2.05) is 13.0 Å². The molecule has 4 rings (SSSR count). The van der Waals surface area contributed by atoms with Crippen molar-refractivity contribution in [3.8, 4) is 0 Å². The number of hydrogen-bond acceptors (Lipinski definition) is 6. The zero-order valence-corrected chi connectivity index (χ0v) is 21.8. The van der Waals surface area contributed by atoms with Crippen LogP contribution in [0.4, 0.5) is 0 Å². The fourth-order valence-electron chi connectivity index (χ4n) is 4.43. The molecule has 0 bridgehead atoms. The average molecular weight is 502 g/mol. The Bertz CT molecular complexity index is 1300. The molecule has 1 aliphatic rings. The van der Waals surface area contributed by atoms with Crippen molar-refractivity contribution in [3.05, 3.63) is 42.0 Å². The van der Waals surface area contributed by atoms with Crippen LogP contribution in [0.15, 0.2) is 35.5 Å². The Morgan fingerprint density at radius 1 is 1.23 bits per heavy atom. The monoisotopic (exact) mass is 501 g/mol. The molecule has 1 saturated heterocycles. The fourth-order valence-corrected chi connectivity index (χ4v) is 5.59. The molecule has 10 heteroatoms. The first-order valence-corrected chi connectivity index (χ1v) is 13.7. The van der Waals surface area contributed by atoms with E-state index in [1.54, 1.807) is 12.1 Å². The smallest absolute Gasteiger partial charge is 0.283 e. The first-order valence-electron chi connectivity index (χ1n) is 12.3. The Labute approximate surface area is 206 Å². The summed E-state index contributed by atoms with van der Waals surface area (Å²) in [7, 11) is -3.92. The number of nitrogens with one attached hydrogen (secondary N) is 1. The molecule has 3 heterocycles. The van der Waals surface area contributed by atoms with Crippen LogP contribution in [-0.2, 0) is 37.9 Å². The number of benzene rings is 1. The lowest BCUT2D eigenvalue weighted by atomic mass is 9.89. The number of rotatable bonds is 9. The molecule has 0 spiro atoms. The third kappa shape index (κ3) is 5.28. The predicted octanol–water partition coefficient (Wildman–Crippen LogP) is 3.26. The minimum absolute atomic E-state index is 0.0778. The molecule has 0 saturated carbocycles. The van der Waals surface area contributed by atoms with Crippen molar-refractivity contribution >= 4 is 27.0 Å². The highest BCUT2D eigenvalue weighted by Crippen LogP contribution is 2.32. The van der Waals surface area contributed by atoms with Gasteiger partial charge in [-0.3, -0.25) is 4.79 Å². The van der Waals surface area contributed by atoms with Crippen LogP contribution in [0.2, 0.25) is 0 Å². The van der Waals surface area contributed by atoms with E-state index in [4.69, 9.17) is 9.72 Å². The number of nitrogens with zero attached hydrogens (tertiary/aromatic N) is 4. The minimum atomic E-state index is -3.92. The summed E-state index contributed by atoms with van der Waals surface area (Å²) in [4.78, 5) is 16.9. The van der Waals surface area contributed by atoms with Crippen molar-refractivity contribution < 1.29 is 17.9 Å². The Kier molecular flexibility index (Phi) is 7.32. The lowest BCUT2D eigenvalue weighted by Crippen LogP contribution is -2.26. The first kappa shape index (κ1) is 25.4. The maximum absolute atomic E-state index is 13.3. The number of carbonyl (C=O) groups excluding carboxylic acids is 1. The molecule has 1 N–H and O–H groups in total. The normalized spacial score (nSPS) is 15.5. The number of imidazole rings is 1. The second kappa shape index (κ2) is 10.1. The Morgan fingerprint density at radius 3 is 2.66 bits per heavy atom. The number of amides is 1. The second-order valence-corrected chi connectivity index (χ2v) is 11.6. The summed E-state index contributed by atoms with van der Waals surface area (Å²) in [5.41, 5.74) is 1.97. The summed E-state index contributed by atoms with van der Waals surface area (Å²) in [5.74, 6) is 1.30. The van der Waals surface area contributed by atoms with Crippen molar-refractivity contribution in [1.82, 2.24) is 24.1 Å². The van der Waals surface area contributed by atoms with Crippen LogP contribution in [0, 0.1) is 5.92 Å². The summed E-state index contributed by atoms with van der Waals surface area (Å²) in [6, 6.07) is 5.10. The van der Waals surface area contributed by atoms with E-state index < -0.39 is 10.0 Å². The van der Waals surface area contributed by atoms with Crippen LogP contribution in [0.25, 0.3) is 11.0 Å². The number of carbonyl (C=O) groups is 1. The maximum Gasteiger partial charge on any atom is 0.283 e. The van der Waals surface area contributed by atoms with Crippen molar-refractivity contribution in [2.24, 2.45) is 5.92 Å². The third-order valence-electron chi connectivity index (χ3n) is 6.89. The van der Waals surface area contributed by atoms with Crippen LogP contribution < -0.4 is 5.32 Å². The van der Waals surface area contributed by atoms with Gasteiger partial charge in [0.25, 0.3) is 10.0 Å². The topological polar surface area (TPSA) is 108 Å². The Balaban J connectivity index is 1.69. The highest BCUT2D eigenvalue weighted by Gasteiger charge is 2.29. The highest BCUT2D eigenvalue weighted by atomic mass is 32.2. The molecule has 1 aromatic carbocycles. The molecule has 0 atom stereocenters. The van der Waals surface area contributed by atoms with E-state index in [1.165, 1.54) is 12.4 Å². The lowest BCUT2D eigenvalue weighted by molar-refractivity contribution is -0.120. The van der Waals surface area contributed by atoms with Crippen LogP contribution >= 0.6 is 0 Å². The van der Waals surface area contributed by atoms with Gasteiger partial charge in [-0.15, -0.1) is 0 Å². The Morgan fingerprint density at radius 2 is 1.97 bits per heavy atom. The number of ether oxygens (including phenoxy) is 1. The van der Waals surface area contributed by atoms with Gasteiger partial charge >= 0.3 is 0 Å². The third-order valence-corrected chi connectivity index (χ3v) is 8.43. The minimum Gasteiger partial charge on any atom is -0.381 e. The van der Waals surface area contributed by atoms with Gasteiger partial charge in [0.1, 0.15) is 5.82 Å². The molecule has 1 aliphatic heterocycles. The lowest BCUT2D eigenvalue weighted by Gasteiger charge is -2.28. The molecule has 1 fully saturated rings. The van der Waals surface area contributed by atoms with Crippen LogP contribution in [0.3, 0.4) is 0 Å². The van der Waals surface area contributed by atoms with Gasteiger partial charge in [-0.05, 0) is 50.3 Å². The molecule has 3 aromatic rings. The molecule has 0 aliphatic carbocycles. The maximum atomic E-state index is 13.3. The molecule has 1 amide bonds. The summed E-state index contributed by atoms with van der Waals surface area (Å²) >= 11 is 0. The van der Waals surface area contributed by atoms with Gasteiger partial charge in [-0.1, -0.05) is 20.8 Å². The van der Waals surface area contributed by atoms with Gasteiger partial charge in [0, 0.05) is 43.5 Å². The number of fused-ring (bicyclic) bond motifs is 1. The van der Waals surface area contributed by atoms with E-state index in [-0.39, 0.29) is 22.6 Å². The van der Waals surface area contributed by atoms with Gasteiger partial charge in [0.15, 0.2) is 0 Å². The van der Waals surface area contributed by atoms with E-state index in [0.717, 1.165) is 54.4 Å². The molecular formula is C25H35N5O4S. The number of likely N-dealkylation sites (N-methyl/N-ethyl adjacent to an activating group) is 1. The number of hydrogen-bond donors (Lipinski definition) is 1. The first-order chi connectivity index (χ1) is 16.7. The van der Waals surface area contributed by atoms with E-state index >= 15 is 0 Å². The zero-order chi connectivity index (χ0) is 25.2. The summed E-state index contributed by atoms with van der Waals surface area (Å²) in [6.45, 7) is 11.2. The van der Waals surface area contributed by atoms with Gasteiger partial charge in [0.2, 0.25) is 5.91 Å². The molecule has 190 valence electrons. The predicted molar refractivity (Wildman–Crippen MR) is 134 cm³/mol. The Hall–Kier alpha value is -2.72. The van der Waals surface area contributed by atoms with E-state index in [2.05, 4.69) is 35.8 Å². The SMILES string of the molecule is CCNC(=O)Cc1cnn(S(=O)(=O)c2ccc3c(c2)nc(C(C)(C)CC)n3CC2CCOCC2)c1. The zero-order valence-electron chi connectivity index (χ0n) is 21.0. The molecule has 9 nitrogen and oxygen atoms in total. The quantitative estimate of drug-likeness (QED) is 0.482.